The number of nitrogens with zero attached hydrogens (tertiary/aromatic N) is 2. The Bertz CT molecular complexity index is 516. The summed E-state index contributed by atoms with van der Waals surface area (Å²) in [7, 11) is 2.10. The Morgan fingerprint density at radius 3 is 2.60 bits per heavy atom. The zero-order valence-electron chi connectivity index (χ0n) is 11.8. The van der Waals surface area contributed by atoms with Crippen LogP contribution < -0.4 is 10.5 Å². The van der Waals surface area contributed by atoms with Gasteiger partial charge in [0.2, 0.25) is 0 Å². The number of hydrogen-bond donors (Lipinski definition) is 1. The lowest BCUT2D eigenvalue weighted by Crippen LogP contribution is -2.26. The molecule has 0 unspecified atom stereocenters. The molecule has 0 aliphatic heterocycles. The number of anilines is 1. The second-order valence-corrected chi connectivity index (χ2v) is 4.80. The van der Waals surface area contributed by atoms with Crippen molar-refractivity contribution in [2.75, 3.05) is 32.5 Å². The highest BCUT2D eigenvalue weighted by molar-refractivity contribution is 5.51. The van der Waals surface area contributed by atoms with E-state index in [0.29, 0.717) is 12.3 Å². The van der Waals surface area contributed by atoms with Gasteiger partial charge in [0.05, 0.1) is 5.69 Å². The van der Waals surface area contributed by atoms with Gasteiger partial charge in [0.25, 0.3) is 0 Å². The number of nitrogens with two attached hydrogens (primary N) is 1. The van der Waals surface area contributed by atoms with Gasteiger partial charge in [-0.2, -0.15) is 0 Å². The van der Waals surface area contributed by atoms with Crippen LogP contribution in [0.25, 0.3) is 0 Å². The molecular formula is C16H21N3O. The highest BCUT2D eigenvalue weighted by atomic mass is 16.5. The van der Waals surface area contributed by atoms with Crippen molar-refractivity contribution >= 4 is 5.69 Å². The minimum atomic E-state index is 0.640. The van der Waals surface area contributed by atoms with E-state index >= 15 is 0 Å². The van der Waals surface area contributed by atoms with Crippen molar-refractivity contribution in [1.82, 2.24) is 9.88 Å². The molecule has 2 N–H and O–H groups in total. The first-order chi connectivity index (χ1) is 9.75. The first kappa shape index (κ1) is 14.3. The van der Waals surface area contributed by atoms with E-state index in [9.17, 15) is 0 Å². The Kier molecular flexibility index (Phi) is 5.38. The van der Waals surface area contributed by atoms with E-state index in [-0.39, 0.29) is 0 Å². The second kappa shape index (κ2) is 7.50. The Balaban J connectivity index is 1.68. The lowest BCUT2D eigenvalue weighted by Gasteiger charge is -2.17. The number of likely N-dealkylation sites (N-methyl/N-ethyl adjacent to an activating group) is 1. The Morgan fingerprint density at radius 2 is 1.85 bits per heavy atom. The van der Waals surface area contributed by atoms with Crippen molar-refractivity contribution in [3.8, 4) is 5.75 Å². The molecule has 0 saturated heterocycles. The molecular weight excluding hydrogens is 250 g/mol. The number of aromatic nitrogens is 1. The number of para-hydroxylation sites is 2. The molecule has 106 valence electrons. The van der Waals surface area contributed by atoms with Crippen LogP contribution in [0.1, 0.15) is 5.56 Å². The molecule has 0 aliphatic carbocycles. The zero-order valence-corrected chi connectivity index (χ0v) is 11.8. The van der Waals surface area contributed by atoms with Gasteiger partial charge in [-0.15, -0.1) is 0 Å². The zero-order chi connectivity index (χ0) is 14.2. The number of benzene rings is 1. The molecule has 0 fully saturated rings. The van der Waals surface area contributed by atoms with Gasteiger partial charge < -0.3 is 15.4 Å². The van der Waals surface area contributed by atoms with Crippen LogP contribution in [0.2, 0.25) is 0 Å². The van der Waals surface area contributed by atoms with E-state index in [2.05, 4.69) is 29.1 Å². The maximum Gasteiger partial charge on any atom is 0.142 e. The molecule has 0 saturated carbocycles. The fourth-order valence-corrected chi connectivity index (χ4v) is 1.90. The smallest absolute Gasteiger partial charge is 0.142 e. The van der Waals surface area contributed by atoms with Gasteiger partial charge in [0.15, 0.2) is 0 Å². The summed E-state index contributed by atoms with van der Waals surface area (Å²) in [5, 5.41) is 0. The van der Waals surface area contributed by atoms with E-state index in [1.807, 2.05) is 36.7 Å². The number of pyridine rings is 1. The normalized spacial score (nSPS) is 10.7. The lowest BCUT2D eigenvalue weighted by atomic mass is 10.2. The number of ether oxygens (including phenoxy) is 1. The SMILES string of the molecule is CN(CCOc1ccccc1N)CCc1ccncc1. The Hall–Kier alpha value is -2.07. The fourth-order valence-electron chi connectivity index (χ4n) is 1.90. The van der Waals surface area contributed by atoms with Crippen LogP contribution >= 0.6 is 0 Å². The number of hydrogen-bond acceptors (Lipinski definition) is 4. The van der Waals surface area contributed by atoms with Gasteiger partial charge >= 0.3 is 0 Å². The molecule has 0 amide bonds. The maximum absolute atomic E-state index is 5.83. The standard InChI is InChI=1S/C16H21N3O/c1-19(11-8-14-6-9-18-10-7-14)12-13-20-16-5-3-2-4-15(16)17/h2-7,9-10H,8,11-13,17H2,1H3. The van der Waals surface area contributed by atoms with E-state index in [0.717, 1.165) is 25.3 Å². The van der Waals surface area contributed by atoms with Crippen molar-refractivity contribution in [1.29, 1.82) is 0 Å². The van der Waals surface area contributed by atoms with Crippen LogP contribution in [-0.4, -0.2) is 36.6 Å². The quantitative estimate of drug-likeness (QED) is 0.785. The summed E-state index contributed by atoms with van der Waals surface area (Å²) in [5.74, 6) is 0.759. The predicted octanol–water partition coefficient (Wildman–Crippen LogP) is 2.22. The average Bonchev–Trinajstić information content (AvgIpc) is 2.48. The first-order valence-corrected chi connectivity index (χ1v) is 6.80. The van der Waals surface area contributed by atoms with Crippen LogP contribution in [0.15, 0.2) is 48.8 Å². The van der Waals surface area contributed by atoms with E-state index < -0.39 is 0 Å². The van der Waals surface area contributed by atoms with E-state index in [1.165, 1.54) is 5.56 Å². The molecule has 1 heterocycles. The summed E-state index contributed by atoms with van der Waals surface area (Å²) in [5.41, 5.74) is 7.82. The molecule has 0 bridgehead atoms. The Morgan fingerprint density at radius 1 is 1.10 bits per heavy atom. The third-order valence-electron chi connectivity index (χ3n) is 3.18. The lowest BCUT2D eigenvalue weighted by molar-refractivity contribution is 0.240. The molecule has 0 atom stereocenters. The minimum Gasteiger partial charge on any atom is -0.490 e. The molecule has 2 aromatic rings. The van der Waals surface area contributed by atoms with Crippen LogP contribution in [0.5, 0.6) is 5.75 Å². The van der Waals surface area contributed by atoms with Crippen LogP contribution in [0, 0.1) is 0 Å². The molecule has 0 radical (unpaired) electrons. The van der Waals surface area contributed by atoms with Crippen molar-refractivity contribution < 1.29 is 4.74 Å². The van der Waals surface area contributed by atoms with Crippen LogP contribution in [-0.2, 0) is 6.42 Å². The topological polar surface area (TPSA) is 51.4 Å². The van der Waals surface area contributed by atoms with Gasteiger partial charge in [-0.25, -0.2) is 0 Å². The summed E-state index contributed by atoms with van der Waals surface area (Å²) in [4.78, 5) is 6.27. The number of rotatable bonds is 7. The van der Waals surface area contributed by atoms with Gasteiger partial charge in [0, 0.05) is 25.5 Å². The average molecular weight is 271 g/mol. The highest BCUT2D eigenvalue weighted by Gasteiger charge is 2.02. The molecule has 2 rings (SSSR count). The molecule has 1 aromatic carbocycles. The van der Waals surface area contributed by atoms with Crippen LogP contribution in [0.3, 0.4) is 0 Å². The van der Waals surface area contributed by atoms with Crippen molar-refractivity contribution in [3.05, 3.63) is 54.4 Å². The monoisotopic (exact) mass is 271 g/mol. The van der Waals surface area contributed by atoms with Gasteiger partial charge in [0.1, 0.15) is 12.4 Å². The fraction of sp³-hybridized carbons (Fsp3) is 0.312. The Labute approximate surface area is 120 Å². The summed E-state index contributed by atoms with van der Waals surface area (Å²) >= 11 is 0. The third-order valence-corrected chi connectivity index (χ3v) is 3.18. The van der Waals surface area contributed by atoms with Crippen molar-refractivity contribution in [3.63, 3.8) is 0 Å². The van der Waals surface area contributed by atoms with Crippen molar-refractivity contribution in [2.45, 2.75) is 6.42 Å². The summed E-state index contributed by atoms with van der Waals surface area (Å²) in [6.45, 7) is 2.51. The van der Waals surface area contributed by atoms with Gasteiger partial charge in [-0.05, 0) is 43.3 Å². The molecule has 1 aromatic heterocycles. The van der Waals surface area contributed by atoms with E-state index in [4.69, 9.17) is 10.5 Å². The van der Waals surface area contributed by atoms with Gasteiger partial charge in [-0.3, -0.25) is 4.98 Å². The third kappa shape index (κ3) is 4.55. The molecule has 20 heavy (non-hydrogen) atoms. The predicted molar refractivity (Wildman–Crippen MR) is 81.8 cm³/mol. The molecule has 4 heteroatoms. The highest BCUT2D eigenvalue weighted by Crippen LogP contribution is 2.19. The summed E-state index contributed by atoms with van der Waals surface area (Å²) in [6.07, 6.45) is 4.68. The first-order valence-electron chi connectivity index (χ1n) is 6.80. The number of nitrogen functional groups attached to an aromatic ring is 1. The van der Waals surface area contributed by atoms with E-state index in [1.54, 1.807) is 0 Å². The van der Waals surface area contributed by atoms with Crippen molar-refractivity contribution in [2.24, 2.45) is 0 Å². The second-order valence-electron chi connectivity index (χ2n) is 4.80. The summed E-state index contributed by atoms with van der Waals surface area (Å²) < 4.78 is 5.68. The van der Waals surface area contributed by atoms with Crippen LogP contribution in [0.4, 0.5) is 5.69 Å². The summed E-state index contributed by atoms with van der Waals surface area (Å²) in [6, 6.07) is 11.7. The minimum absolute atomic E-state index is 0.640. The molecule has 4 nitrogen and oxygen atoms in total. The van der Waals surface area contributed by atoms with Gasteiger partial charge in [-0.1, -0.05) is 12.1 Å². The molecule has 0 aliphatic rings. The molecule has 0 spiro atoms. The maximum atomic E-state index is 5.83. The largest absolute Gasteiger partial charge is 0.490 e.